The number of rotatable bonds is 2. The van der Waals surface area contributed by atoms with Crippen LogP contribution in [0.3, 0.4) is 0 Å². The van der Waals surface area contributed by atoms with Crippen LogP contribution in [-0.2, 0) is 0 Å². The smallest absolute Gasteiger partial charge is 0.321 e. The predicted molar refractivity (Wildman–Crippen MR) is 64.5 cm³/mol. The number of furan rings is 1. The summed E-state index contributed by atoms with van der Waals surface area (Å²) in [5.41, 5.74) is 0. The predicted octanol–water partition coefficient (Wildman–Crippen LogP) is 1.92. The third kappa shape index (κ3) is 3.24. The normalized spacial score (nSPS) is 20.4. The molecule has 1 atom stereocenters. The monoisotopic (exact) mass is 287 g/mol. The zero-order valence-electron chi connectivity index (χ0n) is 8.75. The summed E-state index contributed by atoms with van der Waals surface area (Å²) in [5.74, 6) is 0.438. The van der Waals surface area contributed by atoms with Crippen LogP contribution in [0.4, 0.5) is 10.7 Å². The number of amides is 2. The Bertz CT molecular complexity index is 361. The largest absolute Gasteiger partial charge is 0.434 e. The lowest BCUT2D eigenvalue weighted by Gasteiger charge is -2.23. The van der Waals surface area contributed by atoms with Gasteiger partial charge in [0.2, 0.25) is 5.88 Å². The average Bonchev–Trinajstić information content (AvgIpc) is 2.65. The molecule has 2 heterocycles. The maximum atomic E-state index is 11.6. The number of urea groups is 1. The number of carbonyl (C=O) groups is 1. The van der Waals surface area contributed by atoms with Crippen LogP contribution in [0.2, 0.25) is 0 Å². The molecule has 2 rings (SSSR count). The summed E-state index contributed by atoms with van der Waals surface area (Å²) in [5, 5.41) is 8.76. The van der Waals surface area contributed by atoms with Crippen molar-refractivity contribution in [3.8, 4) is 0 Å². The van der Waals surface area contributed by atoms with Gasteiger partial charge in [-0.2, -0.15) is 0 Å². The summed E-state index contributed by atoms with van der Waals surface area (Å²) in [6.07, 6.45) is 2.11. The first kappa shape index (κ1) is 11.5. The first-order chi connectivity index (χ1) is 7.74. The molecule has 3 N–H and O–H groups in total. The zero-order valence-corrected chi connectivity index (χ0v) is 10.3. The van der Waals surface area contributed by atoms with Crippen LogP contribution < -0.4 is 16.0 Å². The summed E-state index contributed by atoms with van der Waals surface area (Å²) < 4.78 is 5.77. The summed E-state index contributed by atoms with van der Waals surface area (Å²) in [6, 6.07) is 3.41. The van der Waals surface area contributed by atoms with Crippen molar-refractivity contribution in [3.05, 3.63) is 16.8 Å². The molecule has 0 aromatic carbocycles. The lowest BCUT2D eigenvalue weighted by Crippen LogP contribution is -2.47. The molecule has 6 heteroatoms. The van der Waals surface area contributed by atoms with Gasteiger partial charge in [-0.05, 0) is 41.4 Å². The number of hydrogen-bond donors (Lipinski definition) is 3. The van der Waals surface area contributed by atoms with E-state index in [2.05, 4.69) is 31.9 Å². The Balaban J connectivity index is 1.79. The molecule has 0 aliphatic carbocycles. The second kappa shape index (κ2) is 5.36. The fraction of sp³-hybridized carbons (Fsp3) is 0.500. The number of piperidine rings is 1. The standard InChI is InChI=1S/C10H14BrN3O2/c11-8-3-4-9(16-8)14-10(15)13-7-2-1-5-12-6-7/h3-4,7,12H,1-2,5-6H2,(H2,13,14,15). The first-order valence-corrected chi connectivity index (χ1v) is 6.07. The molecule has 2 amide bonds. The SMILES string of the molecule is O=C(Nc1ccc(Br)o1)NC1CCCNC1. The topological polar surface area (TPSA) is 66.3 Å². The van der Waals surface area contributed by atoms with Gasteiger partial charge in [0.25, 0.3) is 0 Å². The van der Waals surface area contributed by atoms with E-state index in [1.54, 1.807) is 12.1 Å². The Hall–Kier alpha value is -1.01. The summed E-state index contributed by atoms with van der Waals surface area (Å²) >= 11 is 3.17. The fourth-order valence-electron chi connectivity index (χ4n) is 1.69. The number of nitrogens with one attached hydrogen (secondary N) is 3. The van der Waals surface area contributed by atoms with E-state index in [-0.39, 0.29) is 12.1 Å². The second-order valence-electron chi connectivity index (χ2n) is 3.75. The Kier molecular flexibility index (Phi) is 3.84. The van der Waals surface area contributed by atoms with Crippen LogP contribution in [-0.4, -0.2) is 25.2 Å². The van der Waals surface area contributed by atoms with Gasteiger partial charge in [0, 0.05) is 18.7 Å². The number of anilines is 1. The highest BCUT2D eigenvalue weighted by atomic mass is 79.9. The zero-order chi connectivity index (χ0) is 11.4. The minimum atomic E-state index is -0.226. The minimum absolute atomic E-state index is 0.201. The quantitative estimate of drug-likeness (QED) is 0.779. The van der Waals surface area contributed by atoms with E-state index < -0.39 is 0 Å². The first-order valence-electron chi connectivity index (χ1n) is 5.27. The van der Waals surface area contributed by atoms with Gasteiger partial charge in [-0.25, -0.2) is 4.79 Å². The Morgan fingerprint density at radius 2 is 2.44 bits per heavy atom. The molecule has 1 aromatic heterocycles. The van der Waals surface area contributed by atoms with E-state index in [9.17, 15) is 4.79 Å². The maximum Gasteiger partial charge on any atom is 0.321 e. The third-order valence-electron chi connectivity index (χ3n) is 2.44. The van der Waals surface area contributed by atoms with Crippen molar-refractivity contribution in [1.82, 2.24) is 10.6 Å². The number of hydrogen-bond acceptors (Lipinski definition) is 3. The molecule has 0 bridgehead atoms. The lowest BCUT2D eigenvalue weighted by molar-refractivity contribution is 0.244. The molecule has 5 nitrogen and oxygen atoms in total. The molecule has 1 saturated heterocycles. The van der Waals surface area contributed by atoms with E-state index in [1.165, 1.54) is 0 Å². The van der Waals surface area contributed by atoms with E-state index in [0.717, 1.165) is 25.9 Å². The number of halogens is 1. The molecule has 16 heavy (non-hydrogen) atoms. The Morgan fingerprint density at radius 1 is 1.56 bits per heavy atom. The van der Waals surface area contributed by atoms with Crippen LogP contribution in [0, 0.1) is 0 Å². The average molecular weight is 288 g/mol. The van der Waals surface area contributed by atoms with Gasteiger partial charge in [-0.1, -0.05) is 0 Å². The molecule has 1 unspecified atom stereocenters. The Morgan fingerprint density at radius 3 is 3.06 bits per heavy atom. The van der Waals surface area contributed by atoms with Crippen molar-refractivity contribution in [2.75, 3.05) is 18.4 Å². The third-order valence-corrected chi connectivity index (χ3v) is 2.87. The molecule has 1 aliphatic heterocycles. The van der Waals surface area contributed by atoms with Crippen molar-refractivity contribution in [3.63, 3.8) is 0 Å². The molecule has 0 saturated carbocycles. The van der Waals surface area contributed by atoms with E-state index in [4.69, 9.17) is 4.42 Å². The highest BCUT2D eigenvalue weighted by molar-refractivity contribution is 9.10. The van der Waals surface area contributed by atoms with E-state index in [1.807, 2.05) is 0 Å². The molecule has 88 valence electrons. The summed E-state index contributed by atoms with van der Waals surface area (Å²) in [4.78, 5) is 11.6. The van der Waals surface area contributed by atoms with E-state index in [0.29, 0.717) is 10.6 Å². The van der Waals surface area contributed by atoms with Gasteiger partial charge >= 0.3 is 6.03 Å². The highest BCUT2D eigenvalue weighted by Crippen LogP contribution is 2.18. The lowest BCUT2D eigenvalue weighted by atomic mass is 10.1. The van der Waals surface area contributed by atoms with Gasteiger partial charge in [-0.15, -0.1) is 0 Å². The van der Waals surface area contributed by atoms with Gasteiger partial charge in [0.15, 0.2) is 4.67 Å². The summed E-state index contributed by atoms with van der Waals surface area (Å²) in [6.45, 7) is 1.86. The number of carbonyl (C=O) groups excluding carboxylic acids is 1. The van der Waals surface area contributed by atoms with Gasteiger partial charge in [-0.3, -0.25) is 5.32 Å². The van der Waals surface area contributed by atoms with Crippen molar-refractivity contribution < 1.29 is 9.21 Å². The van der Waals surface area contributed by atoms with Crippen LogP contribution >= 0.6 is 15.9 Å². The highest BCUT2D eigenvalue weighted by Gasteiger charge is 2.15. The molecular weight excluding hydrogens is 274 g/mol. The van der Waals surface area contributed by atoms with Crippen molar-refractivity contribution in [2.45, 2.75) is 18.9 Å². The molecule has 0 spiro atoms. The van der Waals surface area contributed by atoms with E-state index >= 15 is 0 Å². The molecule has 1 aliphatic rings. The second-order valence-corrected chi connectivity index (χ2v) is 4.53. The summed E-state index contributed by atoms with van der Waals surface area (Å²) in [7, 11) is 0. The van der Waals surface area contributed by atoms with Crippen molar-refractivity contribution in [2.24, 2.45) is 0 Å². The van der Waals surface area contributed by atoms with Crippen molar-refractivity contribution >= 4 is 27.8 Å². The van der Waals surface area contributed by atoms with Crippen LogP contribution in [0.5, 0.6) is 0 Å². The van der Waals surface area contributed by atoms with Crippen LogP contribution in [0.25, 0.3) is 0 Å². The van der Waals surface area contributed by atoms with Crippen LogP contribution in [0.1, 0.15) is 12.8 Å². The fourth-order valence-corrected chi connectivity index (χ4v) is 2.00. The van der Waals surface area contributed by atoms with Gasteiger partial charge in [0.05, 0.1) is 0 Å². The molecule has 0 radical (unpaired) electrons. The van der Waals surface area contributed by atoms with Gasteiger partial charge < -0.3 is 15.1 Å². The molecular formula is C10H14BrN3O2. The minimum Gasteiger partial charge on any atom is -0.434 e. The maximum absolute atomic E-state index is 11.6. The molecule has 1 aromatic rings. The molecule has 1 fully saturated rings. The van der Waals surface area contributed by atoms with Crippen molar-refractivity contribution in [1.29, 1.82) is 0 Å². The van der Waals surface area contributed by atoms with Gasteiger partial charge in [0.1, 0.15) is 0 Å². The Labute approximate surface area is 102 Å². The van der Waals surface area contributed by atoms with Crippen LogP contribution in [0.15, 0.2) is 21.2 Å².